The second-order valence-corrected chi connectivity index (χ2v) is 6.64. The summed E-state index contributed by atoms with van der Waals surface area (Å²) in [6.07, 6.45) is 4.69. The van der Waals surface area contributed by atoms with Gasteiger partial charge in [0.05, 0.1) is 6.04 Å². The van der Waals surface area contributed by atoms with Crippen molar-refractivity contribution in [2.45, 2.75) is 65.3 Å². The second-order valence-electron chi connectivity index (χ2n) is 6.64. The number of aromatic nitrogens is 5. The molecule has 3 rings (SSSR count). The van der Waals surface area contributed by atoms with Crippen LogP contribution in [0.15, 0.2) is 4.52 Å². The number of hydrogen-bond acceptors (Lipinski definition) is 6. The standard InChI is InChI=1S/C17H26N6O2/c1-4-6-15-19-16(25-21-15)8-9-17(24)22-10-5-7-14(11-22)23-13(3)18-12(2)20-23/h14H,4-11H2,1-3H3/t14-/m0/s1. The topological polar surface area (TPSA) is 89.9 Å². The van der Waals surface area contributed by atoms with Gasteiger partial charge < -0.3 is 9.42 Å². The summed E-state index contributed by atoms with van der Waals surface area (Å²) < 4.78 is 7.17. The Labute approximate surface area is 147 Å². The van der Waals surface area contributed by atoms with Crippen LogP contribution in [-0.4, -0.2) is 48.8 Å². The van der Waals surface area contributed by atoms with E-state index in [1.54, 1.807) is 0 Å². The molecule has 0 radical (unpaired) electrons. The molecular formula is C17H26N6O2. The molecule has 1 amide bonds. The molecule has 2 aromatic rings. The zero-order valence-electron chi connectivity index (χ0n) is 15.2. The first-order valence-corrected chi connectivity index (χ1v) is 9.05. The number of carbonyl (C=O) groups excluding carboxylic acids is 1. The Balaban J connectivity index is 1.55. The summed E-state index contributed by atoms with van der Waals surface area (Å²) >= 11 is 0. The third-order valence-electron chi connectivity index (χ3n) is 4.54. The summed E-state index contributed by atoms with van der Waals surface area (Å²) in [4.78, 5) is 23.2. The Kier molecular flexibility index (Phi) is 5.45. The van der Waals surface area contributed by atoms with E-state index >= 15 is 0 Å². The van der Waals surface area contributed by atoms with Crippen molar-refractivity contribution >= 4 is 5.91 Å². The van der Waals surface area contributed by atoms with Crippen LogP contribution in [0.2, 0.25) is 0 Å². The van der Waals surface area contributed by atoms with E-state index in [1.807, 2.05) is 23.4 Å². The summed E-state index contributed by atoms with van der Waals surface area (Å²) in [7, 11) is 0. The molecule has 0 bridgehead atoms. The van der Waals surface area contributed by atoms with Gasteiger partial charge in [0.2, 0.25) is 11.8 Å². The number of aryl methyl sites for hydroxylation is 4. The summed E-state index contributed by atoms with van der Waals surface area (Å²) in [5.74, 6) is 3.09. The van der Waals surface area contributed by atoms with Gasteiger partial charge in [-0.3, -0.25) is 4.79 Å². The van der Waals surface area contributed by atoms with E-state index in [4.69, 9.17) is 4.52 Å². The van der Waals surface area contributed by atoms with Gasteiger partial charge in [0, 0.05) is 32.4 Å². The molecule has 1 fully saturated rings. The Morgan fingerprint density at radius 3 is 2.84 bits per heavy atom. The van der Waals surface area contributed by atoms with E-state index in [-0.39, 0.29) is 11.9 Å². The first-order valence-electron chi connectivity index (χ1n) is 9.05. The minimum Gasteiger partial charge on any atom is -0.341 e. The maximum absolute atomic E-state index is 12.6. The monoisotopic (exact) mass is 346 g/mol. The number of nitrogens with zero attached hydrogens (tertiary/aromatic N) is 6. The highest BCUT2D eigenvalue weighted by molar-refractivity contribution is 5.76. The van der Waals surface area contributed by atoms with Crippen molar-refractivity contribution in [2.24, 2.45) is 0 Å². The first kappa shape index (κ1) is 17.6. The third-order valence-corrected chi connectivity index (χ3v) is 4.54. The van der Waals surface area contributed by atoms with Crippen LogP contribution < -0.4 is 0 Å². The molecule has 0 spiro atoms. The zero-order valence-corrected chi connectivity index (χ0v) is 15.2. The van der Waals surface area contributed by atoms with Crippen molar-refractivity contribution in [1.29, 1.82) is 0 Å². The summed E-state index contributed by atoms with van der Waals surface area (Å²) in [5, 5.41) is 8.41. The number of rotatable bonds is 6. The highest BCUT2D eigenvalue weighted by Crippen LogP contribution is 2.22. The van der Waals surface area contributed by atoms with Crippen molar-refractivity contribution in [1.82, 2.24) is 29.8 Å². The van der Waals surface area contributed by atoms with Crippen molar-refractivity contribution in [3.8, 4) is 0 Å². The van der Waals surface area contributed by atoms with E-state index < -0.39 is 0 Å². The predicted octanol–water partition coefficient (Wildman–Crippen LogP) is 2.03. The molecular weight excluding hydrogens is 320 g/mol. The van der Waals surface area contributed by atoms with Gasteiger partial charge in [-0.05, 0) is 33.1 Å². The molecule has 1 atom stereocenters. The van der Waals surface area contributed by atoms with Gasteiger partial charge in [0.25, 0.3) is 0 Å². The average molecular weight is 346 g/mol. The second kappa shape index (κ2) is 7.76. The van der Waals surface area contributed by atoms with Gasteiger partial charge in [-0.25, -0.2) is 9.67 Å². The molecule has 8 heteroatoms. The van der Waals surface area contributed by atoms with E-state index in [0.29, 0.717) is 25.3 Å². The van der Waals surface area contributed by atoms with Crippen LogP contribution >= 0.6 is 0 Å². The van der Waals surface area contributed by atoms with E-state index in [0.717, 1.165) is 49.7 Å². The molecule has 8 nitrogen and oxygen atoms in total. The summed E-state index contributed by atoms with van der Waals surface area (Å²) in [5.41, 5.74) is 0. The lowest BCUT2D eigenvalue weighted by atomic mass is 10.1. The van der Waals surface area contributed by atoms with Gasteiger partial charge in [0.15, 0.2) is 5.82 Å². The van der Waals surface area contributed by atoms with Gasteiger partial charge in [-0.2, -0.15) is 10.1 Å². The van der Waals surface area contributed by atoms with Crippen molar-refractivity contribution < 1.29 is 9.32 Å². The average Bonchev–Trinajstić information content (AvgIpc) is 3.19. The van der Waals surface area contributed by atoms with Gasteiger partial charge in [0.1, 0.15) is 11.6 Å². The minimum absolute atomic E-state index is 0.134. The Hall–Kier alpha value is -2.25. The van der Waals surface area contributed by atoms with E-state index in [9.17, 15) is 4.79 Å². The molecule has 25 heavy (non-hydrogen) atoms. The van der Waals surface area contributed by atoms with Crippen molar-refractivity contribution in [2.75, 3.05) is 13.1 Å². The lowest BCUT2D eigenvalue weighted by Crippen LogP contribution is -2.41. The van der Waals surface area contributed by atoms with Crippen LogP contribution in [0.3, 0.4) is 0 Å². The number of carbonyl (C=O) groups is 1. The number of likely N-dealkylation sites (tertiary alicyclic amines) is 1. The van der Waals surface area contributed by atoms with Gasteiger partial charge in [-0.15, -0.1) is 0 Å². The molecule has 0 N–H and O–H groups in total. The fourth-order valence-electron chi connectivity index (χ4n) is 3.35. The maximum atomic E-state index is 12.6. The van der Waals surface area contributed by atoms with Gasteiger partial charge >= 0.3 is 0 Å². The normalized spacial score (nSPS) is 17.9. The highest BCUT2D eigenvalue weighted by atomic mass is 16.5. The smallest absolute Gasteiger partial charge is 0.227 e. The molecule has 136 valence electrons. The molecule has 1 saturated heterocycles. The largest absolute Gasteiger partial charge is 0.341 e. The molecule has 2 aromatic heterocycles. The third kappa shape index (κ3) is 4.24. The van der Waals surface area contributed by atoms with Crippen LogP contribution in [0.5, 0.6) is 0 Å². The molecule has 0 unspecified atom stereocenters. The summed E-state index contributed by atoms with van der Waals surface area (Å²) in [6, 6.07) is 0.207. The van der Waals surface area contributed by atoms with Crippen molar-refractivity contribution in [3.63, 3.8) is 0 Å². The summed E-state index contributed by atoms with van der Waals surface area (Å²) in [6.45, 7) is 7.42. The Morgan fingerprint density at radius 1 is 1.28 bits per heavy atom. The molecule has 0 aliphatic carbocycles. The van der Waals surface area contributed by atoms with Gasteiger partial charge in [-0.1, -0.05) is 12.1 Å². The van der Waals surface area contributed by atoms with Crippen molar-refractivity contribution in [3.05, 3.63) is 23.4 Å². The number of amides is 1. The quantitative estimate of drug-likeness (QED) is 0.795. The molecule has 1 aliphatic heterocycles. The SMILES string of the molecule is CCCc1noc(CCC(=O)N2CCC[C@H](n3nc(C)nc3C)C2)n1. The molecule has 0 aromatic carbocycles. The molecule has 0 saturated carbocycles. The highest BCUT2D eigenvalue weighted by Gasteiger charge is 2.26. The predicted molar refractivity (Wildman–Crippen MR) is 91.0 cm³/mol. The van der Waals surface area contributed by atoms with E-state index in [2.05, 4.69) is 27.1 Å². The van der Waals surface area contributed by atoms with E-state index in [1.165, 1.54) is 0 Å². The number of piperidine rings is 1. The van der Waals surface area contributed by atoms with Crippen LogP contribution in [0.1, 0.15) is 62.0 Å². The fraction of sp³-hybridized carbons (Fsp3) is 0.706. The van der Waals surface area contributed by atoms with Crippen LogP contribution in [-0.2, 0) is 17.6 Å². The fourth-order valence-corrected chi connectivity index (χ4v) is 3.35. The minimum atomic E-state index is 0.134. The van der Waals surface area contributed by atoms with Crippen LogP contribution in [0, 0.1) is 13.8 Å². The first-order chi connectivity index (χ1) is 12.1. The number of hydrogen-bond donors (Lipinski definition) is 0. The Morgan fingerprint density at radius 2 is 2.12 bits per heavy atom. The zero-order chi connectivity index (χ0) is 17.8. The molecule has 3 heterocycles. The van der Waals surface area contributed by atoms with Crippen LogP contribution in [0.25, 0.3) is 0 Å². The lowest BCUT2D eigenvalue weighted by Gasteiger charge is -2.33. The Bertz CT molecular complexity index is 723. The van der Waals surface area contributed by atoms with Crippen LogP contribution in [0.4, 0.5) is 0 Å². The maximum Gasteiger partial charge on any atom is 0.227 e. The lowest BCUT2D eigenvalue weighted by molar-refractivity contribution is -0.133. The molecule has 1 aliphatic rings.